The first-order valence-electron chi connectivity index (χ1n) is 6.66. The zero-order valence-corrected chi connectivity index (χ0v) is 14.1. The lowest BCUT2D eigenvalue weighted by molar-refractivity contribution is -0.394. The molecule has 0 aliphatic heterocycles. The van der Waals surface area contributed by atoms with Gasteiger partial charge in [0.2, 0.25) is 0 Å². The number of nitro benzene ring substituents is 3. The van der Waals surface area contributed by atoms with Crippen LogP contribution in [0.3, 0.4) is 0 Å². The molecule has 0 aliphatic carbocycles. The predicted molar refractivity (Wildman–Crippen MR) is 90.4 cm³/mol. The Labute approximate surface area is 150 Å². The average Bonchev–Trinajstić information content (AvgIpc) is 2.50. The van der Waals surface area contributed by atoms with Crippen molar-refractivity contribution in [3.05, 3.63) is 81.3 Å². The predicted octanol–water partition coefficient (Wildman–Crippen LogP) is 4.62. The van der Waals surface area contributed by atoms with Gasteiger partial charge in [-0.15, -0.1) is 0 Å². The molecule has 0 aromatic heterocycles. The summed E-state index contributed by atoms with van der Waals surface area (Å²) in [5.41, 5.74) is -0.409. The summed E-state index contributed by atoms with van der Waals surface area (Å²) < 4.78 is 0. The fraction of sp³-hybridized carbons (Fsp3) is 0.143. The van der Waals surface area contributed by atoms with Gasteiger partial charge in [0.25, 0.3) is 17.1 Å². The zero-order valence-electron chi connectivity index (χ0n) is 12.6. The van der Waals surface area contributed by atoms with Gasteiger partial charge in [0, 0.05) is 30.2 Å². The lowest BCUT2D eigenvalue weighted by atomic mass is 9.97. The number of aryl methyl sites for hydroxylation is 1. The van der Waals surface area contributed by atoms with Crippen molar-refractivity contribution in [1.82, 2.24) is 0 Å². The molecule has 0 spiro atoms. The second-order valence-electron chi connectivity index (χ2n) is 5.10. The number of rotatable bonds is 5. The minimum Gasteiger partial charge on any atom is -0.258 e. The van der Waals surface area contributed by atoms with Crippen LogP contribution in [-0.4, -0.2) is 14.8 Å². The minimum absolute atomic E-state index is 0.0220. The molecule has 0 saturated heterocycles. The highest BCUT2D eigenvalue weighted by molar-refractivity contribution is 6.36. The molecule has 11 heteroatoms. The Morgan fingerprint density at radius 3 is 1.72 bits per heavy atom. The molecule has 9 nitrogen and oxygen atoms in total. The van der Waals surface area contributed by atoms with Crippen LogP contribution < -0.4 is 0 Å². The van der Waals surface area contributed by atoms with Gasteiger partial charge in [-0.25, -0.2) is 0 Å². The number of nitro groups is 3. The van der Waals surface area contributed by atoms with E-state index in [2.05, 4.69) is 0 Å². The summed E-state index contributed by atoms with van der Waals surface area (Å²) in [5, 5.41) is 32.9. The molecule has 0 atom stereocenters. The number of benzene rings is 2. The minimum atomic E-state index is -0.734. The van der Waals surface area contributed by atoms with E-state index in [1.165, 1.54) is 13.0 Å². The number of non-ortho nitro benzene ring substituents is 2. The van der Waals surface area contributed by atoms with Crippen molar-refractivity contribution in [1.29, 1.82) is 0 Å². The zero-order chi connectivity index (χ0) is 18.9. The van der Waals surface area contributed by atoms with Gasteiger partial charge >= 0.3 is 0 Å². The van der Waals surface area contributed by atoms with Gasteiger partial charge in [0.05, 0.1) is 30.9 Å². The number of hydrogen-bond donors (Lipinski definition) is 0. The van der Waals surface area contributed by atoms with Crippen molar-refractivity contribution in [3.63, 3.8) is 0 Å². The van der Waals surface area contributed by atoms with E-state index in [9.17, 15) is 30.3 Å². The molecule has 2 aromatic rings. The smallest absolute Gasteiger partial charge is 0.258 e. The first kappa shape index (κ1) is 18.6. The highest BCUT2D eigenvalue weighted by Crippen LogP contribution is 2.36. The van der Waals surface area contributed by atoms with Crippen LogP contribution in [0.15, 0.2) is 24.3 Å². The summed E-state index contributed by atoms with van der Waals surface area (Å²) in [4.78, 5) is 30.8. The van der Waals surface area contributed by atoms with Crippen molar-refractivity contribution in [3.8, 4) is 0 Å². The Balaban J connectivity index is 2.59. The molecule has 0 bridgehead atoms. The van der Waals surface area contributed by atoms with E-state index in [0.29, 0.717) is 5.56 Å². The molecule has 130 valence electrons. The van der Waals surface area contributed by atoms with E-state index >= 15 is 0 Å². The second kappa shape index (κ2) is 6.99. The Morgan fingerprint density at radius 2 is 1.28 bits per heavy atom. The van der Waals surface area contributed by atoms with E-state index in [0.717, 1.165) is 18.2 Å². The van der Waals surface area contributed by atoms with Gasteiger partial charge in [0.1, 0.15) is 0 Å². The Kier molecular flexibility index (Phi) is 5.19. The summed E-state index contributed by atoms with van der Waals surface area (Å²) in [7, 11) is 0. The lowest BCUT2D eigenvalue weighted by Crippen LogP contribution is -2.03. The summed E-state index contributed by atoms with van der Waals surface area (Å²) >= 11 is 12.1. The van der Waals surface area contributed by atoms with E-state index in [-0.39, 0.29) is 33.3 Å². The first-order valence-corrected chi connectivity index (χ1v) is 7.42. The molecule has 0 aliphatic rings. The third-order valence-electron chi connectivity index (χ3n) is 3.53. The number of halogens is 2. The van der Waals surface area contributed by atoms with Crippen LogP contribution in [0.4, 0.5) is 17.1 Å². The SMILES string of the molecule is Cc1cc([N+](=O)[O-])cc([N+](=O)[O-])c1Cc1c(Cl)cc([N+](=O)[O-])cc1Cl. The van der Waals surface area contributed by atoms with Crippen LogP contribution in [0.5, 0.6) is 0 Å². The fourth-order valence-corrected chi connectivity index (χ4v) is 2.93. The van der Waals surface area contributed by atoms with Crippen molar-refractivity contribution < 1.29 is 14.8 Å². The van der Waals surface area contributed by atoms with Gasteiger partial charge in [-0.05, 0) is 18.1 Å². The van der Waals surface area contributed by atoms with Gasteiger partial charge < -0.3 is 0 Å². The molecule has 0 saturated carbocycles. The second-order valence-corrected chi connectivity index (χ2v) is 5.91. The molecule has 0 fully saturated rings. The first-order chi connectivity index (χ1) is 11.6. The molecule has 2 aromatic carbocycles. The maximum Gasteiger partial charge on any atom is 0.280 e. The third-order valence-corrected chi connectivity index (χ3v) is 4.21. The lowest BCUT2D eigenvalue weighted by Gasteiger charge is -2.10. The summed E-state index contributed by atoms with van der Waals surface area (Å²) in [5.74, 6) is 0. The van der Waals surface area contributed by atoms with Crippen LogP contribution in [0.2, 0.25) is 10.0 Å². The molecular formula is C14H9Cl2N3O6. The molecular weight excluding hydrogens is 377 g/mol. The molecule has 0 N–H and O–H groups in total. The maximum atomic E-state index is 11.3. The molecule has 0 amide bonds. The molecule has 25 heavy (non-hydrogen) atoms. The van der Waals surface area contributed by atoms with Gasteiger partial charge in [-0.1, -0.05) is 23.2 Å². The maximum absolute atomic E-state index is 11.3. The molecule has 0 heterocycles. The monoisotopic (exact) mass is 385 g/mol. The normalized spacial score (nSPS) is 10.5. The van der Waals surface area contributed by atoms with Crippen LogP contribution in [0.1, 0.15) is 16.7 Å². The van der Waals surface area contributed by atoms with Crippen LogP contribution >= 0.6 is 23.2 Å². The largest absolute Gasteiger partial charge is 0.280 e. The average molecular weight is 386 g/mol. The van der Waals surface area contributed by atoms with E-state index in [4.69, 9.17) is 23.2 Å². The van der Waals surface area contributed by atoms with Gasteiger partial charge in [0.15, 0.2) is 0 Å². The quantitative estimate of drug-likeness (QED) is 0.545. The van der Waals surface area contributed by atoms with Crippen molar-refractivity contribution in [2.75, 3.05) is 0 Å². The van der Waals surface area contributed by atoms with Crippen molar-refractivity contribution in [2.45, 2.75) is 13.3 Å². The highest BCUT2D eigenvalue weighted by Gasteiger charge is 2.24. The van der Waals surface area contributed by atoms with Crippen LogP contribution in [-0.2, 0) is 6.42 Å². The van der Waals surface area contributed by atoms with Crippen LogP contribution in [0.25, 0.3) is 0 Å². The summed E-state index contributed by atoms with van der Waals surface area (Å²) in [6, 6.07) is 4.25. The topological polar surface area (TPSA) is 129 Å². The van der Waals surface area contributed by atoms with Crippen molar-refractivity contribution in [2.24, 2.45) is 0 Å². The van der Waals surface area contributed by atoms with Gasteiger partial charge in [-0.2, -0.15) is 0 Å². The standard InChI is InChI=1S/C14H9Cl2N3O6/c1-7-2-8(17(20)21)5-14(19(24)25)10(7)6-11-12(15)3-9(18(22)23)4-13(11)16/h2-5H,6H2,1H3. The van der Waals surface area contributed by atoms with Crippen molar-refractivity contribution >= 4 is 40.3 Å². The summed E-state index contributed by atoms with van der Waals surface area (Å²) in [6.45, 7) is 1.49. The Hall–Kier alpha value is -2.78. The highest BCUT2D eigenvalue weighted by atomic mass is 35.5. The van der Waals surface area contributed by atoms with E-state index < -0.39 is 26.1 Å². The Bertz CT molecular complexity index is 893. The molecule has 0 radical (unpaired) electrons. The molecule has 0 unspecified atom stereocenters. The number of nitrogens with zero attached hydrogens (tertiary/aromatic N) is 3. The molecule has 2 rings (SSSR count). The summed E-state index contributed by atoms with van der Waals surface area (Å²) in [6.07, 6.45) is -0.101. The number of hydrogen-bond acceptors (Lipinski definition) is 6. The van der Waals surface area contributed by atoms with Crippen LogP contribution in [0, 0.1) is 37.3 Å². The van der Waals surface area contributed by atoms with E-state index in [1.54, 1.807) is 0 Å². The fourth-order valence-electron chi connectivity index (χ4n) is 2.32. The third kappa shape index (κ3) is 3.83. The van der Waals surface area contributed by atoms with Gasteiger partial charge in [-0.3, -0.25) is 30.3 Å². The van der Waals surface area contributed by atoms with E-state index in [1.807, 2.05) is 0 Å². The Morgan fingerprint density at radius 1 is 0.800 bits per heavy atom.